The largest absolute Gasteiger partial charge is 0.317 e. The van der Waals surface area contributed by atoms with Gasteiger partial charge in [0.15, 0.2) is 5.65 Å². The highest BCUT2D eigenvalue weighted by atomic mass is 32.2. The Hall–Kier alpha value is -1.89. The van der Waals surface area contributed by atoms with Gasteiger partial charge in [-0.2, -0.15) is 0 Å². The van der Waals surface area contributed by atoms with Crippen molar-refractivity contribution in [3.8, 4) is 0 Å². The van der Waals surface area contributed by atoms with Gasteiger partial charge in [-0.1, -0.05) is 18.2 Å². The van der Waals surface area contributed by atoms with Crippen molar-refractivity contribution in [3.63, 3.8) is 0 Å². The third-order valence-corrected chi connectivity index (χ3v) is 5.05. The minimum atomic E-state index is 0.607. The second kappa shape index (κ2) is 5.14. The van der Waals surface area contributed by atoms with Crippen molar-refractivity contribution in [2.45, 2.75) is 36.0 Å². The Morgan fingerprint density at radius 3 is 2.76 bits per heavy atom. The summed E-state index contributed by atoms with van der Waals surface area (Å²) in [6.45, 7) is 0. The molecule has 0 N–H and O–H groups in total. The van der Waals surface area contributed by atoms with Crippen molar-refractivity contribution >= 4 is 17.4 Å². The van der Waals surface area contributed by atoms with E-state index in [0.717, 1.165) is 28.1 Å². The average molecular weight is 300 g/mol. The third kappa shape index (κ3) is 2.21. The fraction of sp³-hybridized carbons (Fsp3) is 0.429. The van der Waals surface area contributed by atoms with E-state index in [1.807, 2.05) is 16.8 Å². The average Bonchev–Trinajstić information content (AvgIpc) is 3.04. The minimum absolute atomic E-state index is 0.607. The van der Waals surface area contributed by atoms with E-state index in [4.69, 9.17) is 0 Å². The number of rotatable bonds is 4. The lowest BCUT2D eigenvalue weighted by Gasteiger charge is -2.24. The first kappa shape index (κ1) is 12.8. The van der Waals surface area contributed by atoms with Gasteiger partial charge in [-0.05, 0) is 12.8 Å². The zero-order valence-corrected chi connectivity index (χ0v) is 12.6. The van der Waals surface area contributed by atoms with Crippen molar-refractivity contribution in [2.24, 2.45) is 7.05 Å². The number of imidazole rings is 1. The van der Waals surface area contributed by atoms with E-state index in [1.165, 1.54) is 19.3 Å². The van der Waals surface area contributed by atoms with Crippen LogP contribution < -0.4 is 0 Å². The molecule has 6 nitrogen and oxygen atoms in total. The van der Waals surface area contributed by atoms with E-state index >= 15 is 0 Å². The van der Waals surface area contributed by atoms with Crippen LogP contribution in [0.2, 0.25) is 0 Å². The number of nitrogens with zero attached hydrogens (tertiary/aromatic N) is 6. The monoisotopic (exact) mass is 300 g/mol. The van der Waals surface area contributed by atoms with Gasteiger partial charge in [0, 0.05) is 37.8 Å². The second-order valence-corrected chi connectivity index (χ2v) is 6.30. The van der Waals surface area contributed by atoms with Crippen LogP contribution in [0.25, 0.3) is 5.65 Å². The summed E-state index contributed by atoms with van der Waals surface area (Å²) in [5.74, 6) is 3.49. The highest BCUT2D eigenvalue weighted by Crippen LogP contribution is 2.35. The van der Waals surface area contributed by atoms with Gasteiger partial charge in [-0.3, -0.25) is 0 Å². The molecule has 1 saturated carbocycles. The van der Waals surface area contributed by atoms with Crippen LogP contribution in [-0.2, 0) is 12.8 Å². The van der Waals surface area contributed by atoms with Crippen LogP contribution >= 0.6 is 11.8 Å². The molecule has 0 saturated heterocycles. The molecule has 0 unspecified atom stereocenters. The van der Waals surface area contributed by atoms with Gasteiger partial charge < -0.3 is 8.97 Å². The first-order valence-electron chi connectivity index (χ1n) is 7.11. The first-order chi connectivity index (χ1) is 10.3. The normalized spacial score (nSPS) is 15.5. The van der Waals surface area contributed by atoms with Gasteiger partial charge in [0.25, 0.3) is 0 Å². The first-order valence-corrected chi connectivity index (χ1v) is 8.10. The fourth-order valence-electron chi connectivity index (χ4n) is 2.59. The van der Waals surface area contributed by atoms with Crippen LogP contribution in [-0.4, -0.2) is 29.1 Å². The van der Waals surface area contributed by atoms with Gasteiger partial charge in [0.05, 0.1) is 5.75 Å². The van der Waals surface area contributed by atoms with Gasteiger partial charge in [0.1, 0.15) is 16.7 Å². The lowest BCUT2D eigenvalue weighted by molar-refractivity contribution is 0.391. The van der Waals surface area contributed by atoms with E-state index in [9.17, 15) is 0 Å². The summed E-state index contributed by atoms with van der Waals surface area (Å²) < 4.78 is 4.12. The van der Waals surface area contributed by atoms with Crippen LogP contribution in [0.4, 0.5) is 0 Å². The van der Waals surface area contributed by atoms with Crippen molar-refractivity contribution in [1.29, 1.82) is 0 Å². The molecular formula is C14H16N6S. The maximum absolute atomic E-state index is 4.42. The molecule has 3 aromatic rings. The smallest absolute Gasteiger partial charge is 0.169 e. The minimum Gasteiger partial charge on any atom is -0.317 e. The molecule has 1 aliphatic rings. The van der Waals surface area contributed by atoms with E-state index < -0.39 is 0 Å². The zero-order chi connectivity index (χ0) is 14.2. The molecule has 3 aromatic heterocycles. The maximum atomic E-state index is 4.42. The molecule has 1 aliphatic carbocycles. The van der Waals surface area contributed by atoms with Crippen LogP contribution in [0.3, 0.4) is 0 Å². The summed E-state index contributed by atoms with van der Waals surface area (Å²) in [7, 11) is 2.06. The van der Waals surface area contributed by atoms with Crippen LogP contribution in [0.5, 0.6) is 0 Å². The van der Waals surface area contributed by atoms with Gasteiger partial charge in [0.2, 0.25) is 0 Å². The summed E-state index contributed by atoms with van der Waals surface area (Å²) in [5.41, 5.74) is 0.892. The Bertz CT molecular complexity index is 773. The van der Waals surface area contributed by atoms with Gasteiger partial charge >= 0.3 is 0 Å². The molecule has 0 atom stereocenters. The van der Waals surface area contributed by atoms with E-state index in [1.54, 1.807) is 24.2 Å². The molecule has 0 aromatic carbocycles. The number of fused-ring (bicyclic) bond motifs is 1. The molecule has 3 heterocycles. The molecule has 108 valence electrons. The van der Waals surface area contributed by atoms with Gasteiger partial charge in [-0.25, -0.2) is 9.97 Å². The molecular weight excluding hydrogens is 284 g/mol. The van der Waals surface area contributed by atoms with Crippen LogP contribution in [0, 0.1) is 0 Å². The molecule has 1 fully saturated rings. The van der Waals surface area contributed by atoms with Crippen molar-refractivity contribution in [2.75, 3.05) is 0 Å². The van der Waals surface area contributed by atoms with Crippen molar-refractivity contribution < 1.29 is 0 Å². The molecule has 4 rings (SSSR count). The quantitative estimate of drug-likeness (QED) is 0.692. The summed E-state index contributed by atoms with van der Waals surface area (Å²) >= 11 is 1.65. The molecule has 0 radical (unpaired) electrons. The fourth-order valence-corrected chi connectivity index (χ4v) is 3.53. The van der Waals surface area contributed by atoms with Crippen LogP contribution in [0.1, 0.15) is 36.8 Å². The highest BCUT2D eigenvalue weighted by molar-refractivity contribution is 7.98. The Labute approximate surface area is 126 Å². The predicted molar refractivity (Wildman–Crippen MR) is 80.1 cm³/mol. The second-order valence-electron chi connectivity index (χ2n) is 5.34. The molecule has 21 heavy (non-hydrogen) atoms. The molecule has 0 spiro atoms. The standard InChI is InChI=1S/C14H16N6S/c1-19-11(17-18-12(19)10-3-2-4-10)9-21-14-13-15-5-7-20(13)8-6-16-14/h5-8,10H,2-4,9H2,1H3. The maximum Gasteiger partial charge on any atom is 0.169 e. The van der Waals surface area contributed by atoms with Crippen molar-refractivity contribution in [1.82, 2.24) is 29.1 Å². The Balaban J connectivity index is 1.54. The molecule has 0 aliphatic heterocycles. The topological polar surface area (TPSA) is 60.9 Å². The SMILES string of the molecule is Cn1c(CSc2nccn3ccnc23)nnc1C1CCC1. The zero-order valence-electron chi connectivity index (χ0n) is 11.8. The van der Waals surface area contributed by atoms with E-state index in [0.29, 0.717) is 5.92 Å². The Kier molecular flexibility index (Phi) is 3.14. The summed E-state index contributed by atoms with van der Waals surface area (Å²) in [6, 6.07) is 0. The number of thioether (sulfide) groups is 1. The third-order valence-electron chi connectivity index (χ3n) is 4.09. The van der Waals surface area contributed by atoms with Gasteiger partial charge in [-0.15, -0.1) is 10.2 Å². The summed E-state index contributed by atoms with van der Waals surface area (Å²) in [6.07, 6.45) is 11.2. The van der Waals surface area contributed by atoms with E-state index in [-0.39, 0.29) is 0 Å². The molecule has 7 heteroatoms. The Morgan fingerprint density at radius 2 is 2.00 bits per heavy atom. The summed E-state index contributed by atoms with van der Waals surface area (Å²) in [4.78, 5) is 8.76. The Morgan fingerprint density at radius 1 is 1.19 bits per heavy atom. The number of hydrogen-bond acceptors (Lipinski definition) is 5. The lowest BCUT2D eigenvalue weighted by Crippen LogP contribution is -2.14. The summed E-state index contributed by atoms with van der Waals surface area (Å²) in [5, 5.41) is 9.63. The number of hydrogen-bond donors (Lipinski definition) is 0. The molecule has 0 amide bonds. The predicted octanol–water partition coefficient (Wildman–Crippen LogP) is 2.42. The lowest BCUT2D eigenvalue weighted by atomic mass is 9.85. The number of aromatic nitrogens is 6. The highest BCUT2D eigenvalue weighted by Gasteiger charge is 2.25. The molecule has 0 bridgehead atoms. The van der Waals surface area contributed by atoms with Crippen molar-refractivity contribution in [3.05, 3.63) is 36.4 Å². The van der Waals surface area contributed by atoms with E-state index in [2.05, 4.69) is 31.8 Å². The van der Waals surface area contributed by atoms with Crippen LogP contribution in [0.15, 0.2) is 29.8 Å².